The van der Waals surface area contributed by atoms with Crippen LogP contribution < -0.4 is 5.32 Å². The Morgan fingerprint density at radius 1 is 1.37 bits per heavy atom. The predicted octanol–water partition coefficient (Wildman–Crippen LogP) is 4.47. The highest BCUT2D eigenvalue weighted by atomic mass is 35.5. The second-order valence-corrected chi connectivity index (χ2v) is 6.84. The van der Waals surface area contributed by atoms with Gasteiger partial charge in [0.2, 0.25) is 0 Å². The van der Waals surface area contributed by atoms with Crippen LogP contribution in [0.5, 0.6) is 0 Å². The zero-order valence-corrected chi connectivity index (χ0v) is 13.7. The van der Waals surface area contributed by atoms with E-state index < -0.39 is 0 Å². The lowest BCUT2D eigenvalue weighted by molar-refractivity contribution is 0.603. The van der Waals surface area contributed by atoms with E-state index in [0.29, 0.717) is 5.92 Å². The van der Waals surface area contributed by atoms with Crippen molar-refractivity contribution in [2.75, 3.05) is 6.54 Å². The van der Waals surface area contributed by atoms with Gasteiger partial charge in [-0.3, -0.25) is 0 Å². The Bertz CT molecular complexity index is 521. The van der Waals surface area contributed by atoms with Crippen molar-refractivity contribution in [2.24, 2.45) is 0 Å². The molecule has 1 N–H and O–H groups in total. The van der Waals surface area contributed by atoms with E-state index in [4.69, 9.17) is 11.6 Å². The molecule has 1 atom stereocenters. The SMILES string of the molecule is CCCNC(c1sccc1Cl)c1snnc1C(C)C. The third-order valence-corrected chi connectivity index (χ3v) is 5.08. The van der Waals surface area contributed by atoms with Crippen molar-refractivity contribution in [3.8, 4) is 0 Å². The van der Waals surface area contributed by atoms with Crippen LogP contribution in [0.4, 0.5) is 0 Å². The molecule has 2 rings (SSSR count). The Balaban J connectivity index is 2.37. The second kappa shape index (κ2) is 6.79. The van der Waals surface area contributed by atoms with Gasteiger partial charge < -0.3 is 5.32 Å². The van der Waals surface area contributed by atoms with Gasteiger partial charge in [-0.2, -0.15) is 0 Å². The lowest BCUT2D eigenvalue weighted by atomic mass is 10.0. The van der Waals surface area contributed by atoms with Crippen LogP contribution in [0.25, 0.3) is 0 Å². The van der Waals surface area contributed by atoms with Crippen LogP contribution >= 0.6 is 34.5 Å². The summed E-state index contributed by atoms with van der Waals surface area (Å²) in [5.41, 5.74) is 1.07. The Morgan fingerprint density at radius 3 is 2.74 bits per heavy atom. The van der Waals surface area contributed by atoms with Gasteiger partial charge >= 0.3 is 0 Å². The molecule has 0 aliphatic carbocycles. The molecule has 0 aliphatic rings. The van der Waals surface area contributed by atoms with Crippen molar-refractivity contribution >= 4 is 34.5 Å². The minimum Gasteiger partial charge on any atom is -0.305 e. The largest absolute Gasteiger partial charge is 0.305 e. The molecule has 1 unspecified atom stereocenters. The minimum atomic E-state index is 0.116. The number of halogens is 1. The summed E-state index contributed by atoms with van der Waals surface area (Å²) >= 11 is 9.45. The van der Waals surface area contributed by atoms with Crippen LogP contribution in [0, 0.1) is 0 Å². The third-order valence-electron chi connectivity index (χ3n) is 2.85. The number of hydrogen-bond acceptors (Lipinski definition) is 5. The zero-order chi connectivity index (χ0) is 13.8. The van der Waals surface area contributed by atoms with Crippen molar-refractivity contribution in [1.82, 2.24) is 14.9 Å². The van der Waals surface area contributed by atoms with Crippen molar-refractivity contribution in [3.05, 3.63) is 31.9 Å². The highest BCUT2D eigenvalue weighted by molar-refractivity contribution is 7.11. The lowest BCUT2D eigenvalue weighted by Gasteiger charge is -2.18. The van der Waals surface area contributed by atoms with Crippen LogP contribution in [-0.2, 0) is 0 Å². The molecule has 6 heteroatoms. The summed E-state index contributed by atoms with van der Waals surface area (Å²) in [4.78, 5) is 2.34. The molecule has 19 heavy (non-hydrogen) atoms. The van der Waals surface area contributed by atoms with Crippen molar-refractivity contribution in [1.29, 1.82) is 0 Å². The van der Waals surface area contributed by atoms with E-state index in [1.165, 1.54) is 16.4 Å². The average molecular weight is 316 g/mol. The standard InChI is InChI=1S/C13H18ClN3S2/c1-4-6-15-11(12-9(14)5-7-18-12)13-10(8(2)3)16-17-19-13/h5,7-8,11,15H,4,6H2,1-3H3. The summed E-state index contributed by atoms with van der Waals surface area (Å²) in [6.07, 6.45) is 1.09. The van der Waals surface area contributed by atoms with E-state index in [1.54, 1.807) is 11.3 Å². The molecule has 0 radical (unpaired) electrons. The van der Waals surface area contributed by atoms with Gasteiger partial charge in [-0.25, -0.2) is 0 Å². The maximum atomic E-state index is 6.30. The van der Waals surface area contributed by atoms with Crippen molar-refractivity contribution in [2.45, 2.75) is 39.2 Å². The lowest BCUT2D eigenvalue weighted by Crippen LogP contribution is -2.23. The number of hydrogen-bond donors (Lipinski definition) is 1. The number of thiophene rings is 1. The van der Waals surface area contributed by atoms with Crippen LogP contribution in [0.15, 0.2) is 11.4 Å². The summed E-state index contributed by atoms with van der Waals surface area (Å²) in [6.45, 7) is 7.41. The number of aromatic nitrogens is 2. The molecule has 104 valence electrons. The smallest absolute Gasteiger partial charge is 0.0832 e. The molecular formula is C13H18ClN3S2. The van der Waals surface area contributed by atoms with Crippen molar-refractivity contribution in [3.63, 3.8) is 0 Å². The van der Waals surface area contributed by atoms with E-state index >= 15 is 0 Å². The van der Waals surface area contributed by atoms with E-state index in [0.717, 1.165) is 28.6 Å². The first-order chi connectivity index (χ1) is 9.15. The van der Waals surface area contributed by atoms with Crippen LogP contribution in [0.3, 0.4) is 0 Å². The highest BCUT2D eigenvalue weighted by Gasteiger charge is 2.24. The number of nitrogens with zero attached hydrogens (tertiary/aromatic N) is 2. The second-order valence-electron chi connectivity index (χ2n) is 4.70. The summed E-state index contributed by atoms with van der Waals surface area (Å²) in [7, 11) is 0. The van der Waals surface area contributed by atoms with Gasteiger partial charge in [-0.1, -0.05) is 36.9 Å². The third kappa shape index (κ3) is 3.34. The Labute approximate surface area is 127 Å². The van der Waals surface area contributed by atoms with E-state index in [2.05, 4.69) is 35.7 Å². The molecule has 0 saturated heterocycles. The van der Waals surface area contributed by atoms with Crippen molar-refractivity contribution < 1.29 is 0 Å². The van der Waals surface area contributed by atoms with Gasteiger partial charge in [0.15, 0.2) is 0 Å². The molecule has 0 bridgehead atoms. The zero-order valence-electron chi connectivity index (χ0n) is 11.3. The monoisotopic (exact) mass is 315 g/mol. The van der Waals surface area contributed by atoms with Crippen LogP contribution in [-0.4, -0.2) is 16.1 Å². The van der Waals surface area contributed by atoms with Gasteiger partial charge in [0, 0.05) is 4.88 Å². The normalized spacial score (nSPS) is 13.1. The molecule has 3 nitrogen and oxygen atoms in total. The van der Waals surface area contributed by atoms with E-state index in [-0.39, 0.29) is 6.04 Å². The predicted molar refractivity (Wildman–Crippen MR) is 83.5 cm³/mol. The fourth-order valence-corrected chi connectivity index (χ4v) is 4.13. The maximum Gasteiger partial charge on any atom is 0.0832 e. The molecule has 2 aromatic rings. The first-order valence-corrected chi connectivity index (χ1v) is 8.46. The van der Waals surface area contributed by atoms with Crippen LogP contribution in [0.2, 0.25) is 5.02 Å². The maximum absolute atomic E-state index is 6.30. The Hall–Kier alpha value is -0.490. The number of rotatable bonds is 6. The quantitative estimate of drug-likeness (QED) is 0.855. The Kier molecular flexibility index (Phi) is 5.33. The van der Waals surface area contributed by atoms with Gasteiger partial charge in [0.1, 0.15) is 0 Å². The molecular weight excluding hydrogens is 298 g/mol. The fourth-order valence-electron chi connectivity index (χ4n) is 1.91. The van der Waals surface area contributed by atoms with Crippen LogP contribution in [0.1, 0.15) is 54.6 Å². The van der Waals surface area contributed by atoms with E-state index in [1.807, 2.05) is 11.4 Å². The molecule has 0 amide bonds. The summed E-state index contributed by atoms with van der Waals surface area (Å²) in [5, 5.41) is 10.7. The van der Waals surface area contributed by atoms with Gasteiger partial charge in [0.05, 0.1) is 21.6 Å². The first-order valence-electron chi connectivity index (χ1n) is 6.43. The molecule has 0 aromatic carbocycles. The topological polar surface area (TPSA) is 37.8 Å². The molecule has 2 heterocycles. The summed E-state index contributed by atoms with van der Waals surface area (Å²) < 4.78 is 4.13. The average Bonchev–Trinajstić information content (AvgIpc) is 3.00. The Morgan fingerprint density at radius 2 is 2.16 bits per heavy atom. The van der Waals surface area contributed by atoms with Gasteiger partial charge in [0.25, 0.3) is 0 Å². The molecule has 0 saturated carbocycles. The molecule has 0 spiro atoms. The first kappa shape index (κ1) is 14.9. The van der Waals surface area contributed by atoms with E-state index in [9.17, 15) is 0 Å². The number of nitrogens with one attached hydrogen (secondary N) is 1. The molecule has 2 aromatic heterocycles. The fraction of sp³-hybridized carbons (Fsp3) is 0.538. The van der Waals surface area contributed by atoms with Gasteiger partial charge in [-0.15, -0.1) is 16.4 Å². The molecule has 0 fully saturated rings. The summed E-state index contributed by atoms with van der Waals surface area (Å²) in [6, 6.07) is 2.07. The minimum absolute atomic E-state index is 0.116. The highest BCUT2D eigenvalue weighted by Crippen LogP contribution is 2.37. The van der Waals surface area contributed by atoms with Gasteiger partial charge in [-0.05, 0) is 41.9 Å². The summed E-state index contributed by atoms with van der Waals surface area (Å²) in [5.74, 6) is 0.374. The molecule has 0 aliphatic heterocycles.